The minimum Gasteiger partial charge on any atom is -0.399 e. The van der Waals surface area contributed by atoms with Gasteiger partial charge in [-0.1, -0.05) is 6.07 Å². The van der Waals surface area contributed by atoms with Crippen molar-refractivity contribution in [2.45, 2.75) is 26.3 Å². The Labute approximate surface area is 102 Å². The zero-order valence-electron chi connectivity index (χ0n) is 10.6. The third-order valence-corrected chi connectivity index (χ3v) is 2.64. The number of hydrogen-bond acceptors (Lipinski definition) is 3. The van der Waals surface area contributed by atoms with E-state index in [0.717, 1.165) is 12.0 Å². The van der Waals surface area contributed by atoms with Crippen LogP contribution in [0.25, 0.3) is 0 Å². The molecule has 4 heteroatoms. The lowest BCUT2D eigenvalue weighted by atomic mass is 10.1. The van der Waals surface area contributed by atoms with E-state index in [1.807, 2.05) is 19.9 Å². The third kappa shape index (κ3) is 4.07. The number of methoxy groups -OCH3 is 1. The monoisotopic (exact) mass is 236 g/mol. The average Bonchev–Trinajstić information content (AvgIpc) is 2.29. The van der Waals surface area contributed by atoms with Crippen molar-refractivity contribution in [2.24, 2.45) is 0 Å². The van der Waals surface area contributed by atoms with Crippen molar-refractivity contribution in [3.05, 3.63) is 29.3 Å². The lowest BCUT2D eigenvalue weighted by molar-refractivity contribution is 0.0929. The Morgan fingerprint density at radius 2 is 2.24 bits per heavy atom. The molecule has 0 saturated heterocycles. The first-order valence-electron chi connectivity index (χ1n) is 5.70. The summed E-state index contributed by atoms with van der Waals surface area (Å²) in [5, 5.41) is 2.92. The summed E-state index contributed by atoms with van der Waals surface area (Å²) in [5.74, 6) is -0.0848. The maximum Gasteiger partial charge on any atom is 0.251 e. The van der Waals surface area contributed by atoms with Gasteiger partial charge in [-0.15, -0.1) is 0 Å². The number of carbonyl (C=O) groups is 1. The van der Waals surface area contributed by atoms with Crippen molar-refractivity contribution < 1.29 is 9.53 Å². The molecule has 0 aliphatic heterocycles. The number of aryl methyl sites for hydroxylation is 1. The number of carbonyl (C=O) groups excluding carboxylic acids is 1. The number of hydrogen-bond donors (Lipinski definition) is 2. The summed E-state index contributed by atoms with van der Waals surface area (Å²) in [7, 11) is 1.65. The second-order valence-corrected chi connectivity index (χ2v) is 4.23. The summed E-state index contributed by atoms with van der Waals surface area (Å²) in [6, 6.07) is 5.43. The van der Waals surface area contributed by atoms with Crippen molar-refractivity contribution in [1.29, 1.82) is 0 Å². The molecule has 1 aromatic carbocycles. The van der Waals surface area contributed by atoms with Gasteiger partial charge in [0.15, 0.2) is 0 Å². The van der Waals surface area contributed by atoms with E-state index in [4.69, 9.17) is 10.5 Å². The molecule has 0 bridgehead atoms. The van der Waals surface area contributed by atoms with Gasteiger partial charge >= 0.3 is 0 Å². The molecule has 0 aromatic heterocycles. The van der Waals surface area contributed by atoms with Crippen molar-refractivity contribution in [3.8, 4) is 0 Å². The molecular formula is C13H20N2O2. The van der Waals surface area contributed by atoms with Crippen LogP contribution in [-0.2, 0) is 4.74 Å². The maximum atomic E-state index is 12.0. The molecule has 4 nitrogen and oxygen atoms in total. The van der Waals surface area contributed by atoms with E-state index in [1.54, 1.807) is 19.2 Å². The molecule has 0 fully saturated rings. The van der Waals surface area contributed by atoms with Crippen molar-refractivity contribution in [2.75, 3.05) is 19.5 Å². The predicted octanol–water partition coefficient (Wildman–Crippen LogP) is 1.73. The Hall–Kier alpha value is -1.55. The number of ether oxygens (including phenoxy) is 1. The zero-order chi connectivity index (χ0) is 12.8. The first kappa shape index (κ1) is 13.5. The van der Waals surface area contributed by atoms with Gasteiger partial charge in [-0.2, -0.15) is 0 Å². The van der Waals surface area contributed by atoms with Crippen molar-refractivity contribution in [3.63, 3.8) is 0 Å². The molecule has 1 unspecified atom stereocenters. The van der Waals surface area contributed by atoms with Gasteiger partial charge in [-0.05, 0) is 38.0 Å². The molecule has 1 amide bonds. The second kappa shape index (κ2) is 6.25. The minimum absolute atomic E-state index is 0.0848. The normalized spacial score (nSPS) is 12.2. The lowest BCUT2D eigenvalue weighted by Crippen LogP contribution is -2.33. The molecule has 94 valence electrons. The van der Waals surface area contributed by atoms with Gasteiger partial charge < -0.3 is 15.8 Å². The van der Waals surface area contributed by atoms with E-state index in [9.17, 15) is 4.79 Å². The van der Waals surface area contributed by atoms with Crippen LogP contribution >= 0.6 is 0 Å². The van der Waals surface area contributed by atoms with Crippen LogP contribution in [0.2, 0.25) is 0 Å². The summed E-state index contributed by atoms with van der Waals surface area (Å²) in [6.07, 6.45) is 0.795. The SMILES string of the molecule is COCCC(C)NC(=O)c1cc(N)ccc1C. The van der Waals surface area contributed by atoms with Gasteiger partial charge in [-0.25, -0.2) is 0 Å². The highest BCUT2D eigenvalue weighted by molar-refractivity contribution is 5.96. The molecule has 1 aromatic rings. The Kier molecular flexibility index (Phi) is 4.97. The summed E-state index contributed by atoms with van der Waals surface area (Å²) in [6.45, 7) is 4.49. The lowest BCUT2D eigenvalue weighted by Gasteiger charge is -2.14. The first-order chi connectivity index (χ1) is 8.04. The summed E-state index contributed by atoms with van der Waals surface area (Å²) in [4.78, 5) is 12.0. The number of nitrogen functional groups attached to an aromatic ring is 1. The molecule has 0 aliphatic carbocycles. The number of amides is 1. The maximum absolute atomic E-state index is 12.0. The number of rotatable bonds is 5. The minimum atomic E-state index is -0.0848. The van der Waals surface area contributed by atoms with Gasteiger partial charge in [0, 0.05) is 31.0 Å². The smallest absolute Gasteiger partial charge is 0.251 e. The molecule has 0 saturated carbocycles. The van der Waals surface area contributed by atoms with E-state index in [0.29, 0.717) is 17.9 Å². The molecule has 1 rings (SSSR count). The number of nitrogens with two attached hydrogens (primary N) is 1. The van der Waals surface area contributed by atoms with Crippen LogP contribution in [-0.4, -0.2) is 25.7 Å². The summed E-state index contributed by atoms with van der Waals surface area (Å²) in [5.41, 5.74) is 7.84. The fourth-order valence-corrected chi connectivity index (χ4v) is 1.55. The quantitative estimate of drug-likeness (QED) is 0.765. The highest BCUT2D eigenvalue weighted by Gasteiger charge is 2.12. The van der Waals surface area contributed by atoms with E-state index < -0.39 is 0 Å². The van der Waals surface area contributed by atoms with Crippen LogP contribution in [0.3, 0.4) is 0 Å². The van der Waals surface area contributed by atoms with E-state index in [2.05, 4.69) is 5.32 Å². The predicted molar refractivity (Wildman–Crippen MR) is 69.0 cm³/mol. The zero-order valence-corrected chi connectivity index (χ0v) is 10.6. The van der Waals surface area contributed by atoms with Gasteiger partial charge in [0.1, 0.15) is 0 Å². The van der Waals surface area contributed by atoms with Gasteiger partial charge in [0.2, 0.25) is 0 Å². The van der Waals surface area contributed by atoms with Crippen LogP contribution in [0, 0.1) is 6.92 Å². The Morgan fingerprint density at radius 3 is 2.88 bits per heavy atom. The molecule has 0 spiro atoms. The number of anilines is 1. The topological polar surface area (TPSA) is 64.3 Å². The van der Waals surface area contributed by atoms with Crippen LogP contribution in [0.1, 0.15) is 29.3 Å². The van der Waals surface area contributed by atoms with E-state index in [-0.39, 0.29) is 11.9 Å². The standard InChI is InChI=1S/C13H20N2O2/c1-9-4-5-11(14)8-12(9)13(16)15-10(2)6-7-17-3/h4-5,8,10H,6-7,14H2,1-3H3,(H,15,16). The molecular weight excluding hydrogens is 216 g/mol. The van der Waals surface area contributed by atoms with Crippen molar-refractivity contribution >= 4 is 11.6 Å². The summed E-state index contributed by atoms with van der Waals surface area (Å²) >= 11 is 0. The number of benzene rings is 1. The molecule has 1 atom stereocenters. The second-order valence-electron chi connectivity index (χ2n) is 4.23. The largest absolute Gasteiger partial charge is 0.399 e. The summed E-state index contributed by atoms with van der Waals surface area (Å²) < 4.78 is 4.97. The average molecular weight is 236 g/mol. The van der Waals surface area contributed by atoms with Crippen LogP contribution in [0.15, 0.2) is 18.2 Å². The Balaban J connectivity index is 2.66. The fraction of sp³-hybridized carbons (Fsp3) is 0.462. The molecule has 3 N–H and O–H groups in total. The molecule has 0 aliphatic rings. The number of nitrogens with one attached hydrogen (secondary N) is 1. The van der Waals surface area contributed by atoms with E-state index in [1.165, 1.54) is 0 Å². The Bertz CT molecular complexity index is 391. The molecule has 17 heavy (non-hydrogen) atoms. The van der Waals surface area contributed by atoms with Crippen molar-refractivity contribution in [1.82, 2.24) is 5.32 Å². The molecule has 0 heterocycles. The molecule has 0 radical (unpaired) electrons. The van der Waals surface area contributed by atoms with Crippen LogP contribution in [0.5, 0.6) is 0 Å². The first-order valence-corrected chi connectivity index (χ1v) is 5.70. The van der Waals surface area contributed by atoms with Crippen LogP contribution in [0.4, 0.5) is 5.69 Å². The third-order valence-electron chi connectivity index (χ3n) is 2.64. The van der Waals surface area contributed by atoms with E-state index >= 15 is 0 Å². The van der Waals surface area contributed by atoms with Crippen LogP contribution < -0.4 is 11.1 Å². The van der Waals surface area contributed by atoms with Gasteiger partial charge in [-0.3, -0.25) is 4.79 Å². The van der Waals surface area contributed by atoms with Gasteiger partial charge in [0.25, 0.3) is 5.91 Å². The Morgan fingerprint density at radius 1 is 1.53 bits per heavy atom. The van der Waals surface area contributed by atoms with Gasteiger partial charge in [0.05, 0.1) is 0 Å². The fourth-order valence-electron chi connectivity index (χ4n) is 1.55. The highest BCUT2D eigenvalue weighted by Crippen LogP contribution is 2.12. The highest BCUT2D eigenvalue weighted by atomic mass is 16.5.